The summed E-state index contributed by atoms with van der Waals surface area (Å²) in [4.78, 5) is 42.9. The monoisotopic (exact) mass is 455 g/mol. The highest BCUT2D eigenvalue weighted by molar-refractivity contribution is 9.10. The molecule has 2 heterocycles. The lowest BCUT2D eigenvalue weighted by Gasteiger charge is -2.36. The molecule has 2 aliphatic rings. The van der Waals surface area contributed by atoms with Gasteiger partial charge in [0.05, 0.1) is 11.1 Å². The van der Waals surface area contributed by atoms with Crippen LogP contribution in [0.25, 0.3) is 0 Å². The SMILES string of the molecule is O=C(CCCN1C(=O)c2ccc(Br)cc2C1=O)N1CCN(c2ccccc2)CC1. The summed E-state index contributed by atoms with van der Waals surface area (Å²) in [5.41, 5.74) is 2.03. The summed E-state index contributed by atoms with van der Waals surface area (Å²) in [6, 6.07) is 15.3. The van der Waals surface area contributed by atoms with Crippen LogP contribution in [0.1, 0.15) is 33.6 Å². The third-order valence-electron chi connectivity index (χ3n) is 5.46. The Morgan fingerprint density at radius 3 is 2.31 bits per heavy atom. The van der Waals surface area contributed by atoms with Crippen molar-refractivity contribution in [2.75, 3.05) is 37.6 Å². The van der Waals surface area contributed by atoms with E-state index in [0.29, 0.717) is 37.1 Å². The molecule has 0 aromatic heterocycles. The van der Waals surface area contributed by atoms with E-state index < -0.39 is 0 Å². The van der Waals surface area contributed by atoms with Crippen molar-refractivity contribution in [3.8, 4) is 0 Å². The van der Waals surface area contributed by atoms with Gasteiger partial charge in [0.15, 0.2) is 0 Å². The number of carbonyl (C=O) groups is 3. The van der Waals surface area contributed by atoms with Gasteiger partial charge in [-0.25, -0.2) is 0 Å². The third kappa shape index (κ3) is 4.05. The molecule has 7 heteroatoms. The zero-order valence-electron chi connectivity index (χ0n) is 16.0. The third-order valence-corrected chi connectivity index (χ3v) is 5.95. The fraction of sp³-hybridized carbons (Fsp3) is 0.318. The van der Waals surface area contributed by atoms with Crippen LogP contribution in [-0.4, -0.2) is 60.2 Å². The number of para-hydroxylation sites is 1. The van der Waals surface area contributed by atoms with Gasteiger partial charge in [0.2, 0.25) is 5.91 Å². The zero-order valence-corrected chi connectivity index (χ0v) is 17.6. The molecular formula is C22H22BrN3O3. The van der Waals surface area contributed by atoms with E-state index in [4.69, 9.17) is 0 Å². The number of carbonyl (C=O) groups excluding carboxylic acids is 3. The second kappa shape index (κ2) is 8.37. The number of piperazine rings is 1. The van der Waals surface area contributed by atoms with Crippen molar-refractivity contribution in [2.24, 2.45) is 0 Å². The molecule has 0 unspecified atom stereocenters. The molecule has 4 rings (SSSR count). The van der Waals surface area contributed by atoms with Crippen LogP contribution in [0.3, 0.4) is 0 Å². The van der Waals surface area contributed by atoms with Crippen LogP contribution >= 0.6 is 15.9 Å². The minimum Gasteiger partial charge on any atom is -0.368 e. The summed E-state index contributed by atoms with van der Waals surface area (Å²) in [6.45, 7) is 3.26. The van der Waals surface area contributed by atoms with Gasteiger partial charge in [0.1, 0.15) is 0 Å². The van der Waals surface area contributed by atoms with Crippen LogP contribution < -0.4 is 4.90 Å². The van der Waals surface area contributed by atoms with Crippen molar-refractivity contribution in [3.05, 3.63) is 64.1 Å². The molecule has 0 aliphatic carbocycles. The number of benzene rings is 2. The maximum atomic E-state index is 12.6. The normalized spacial score (nSPS) is 16.4. The molecule has 3 amide bonds. The van der Waals surface area contributed by atoms with Gasteiger partial charge < -0.3 is 9.80 Å². The van der Waals surface area contributed by atoms with Gasteiger partial charge in [-0.2, -0.15) is 0 Å². The van der Waals surface area contributed by atoms with Crippen LogP contribution in [0.15, 0.2) is 53.0 Å². The first-order valence-corrected chi connectivity index (χ1v) is 10.6. The number of amides is 3. The first-order valence-electron chi connectivity index (χ1n) is 9.78. The Bertz CT molecular complexity index is 940. The average molecular weight is 456 g/mol. The first kappa shape index (κ1) is 19.6. The molecule has 0 saturated carbocycles. The molecule has 0 radical (unpaired) electrons. The van der Waals surface area contributed by atoms with Crippen molar-refractivity contribution in [3.63, 3.8) is 0 Å². The number of rotatable bonds is 5. The summed E-state index contributed by atoms with van der Waals surface area (Å²) < 4.78 is 0.768. The molecule has 2 aromatic rings. The molecule has 1 fully saturated rings. The Hall–Kier alpha value is -2.67. The highest BCUT2D eigenvalue weighted by Crippen LogP contribution is 2.26. The van der Waals surface area contributed by atoms with E-state index >= 15 is 0 Å². The van der Waals surface area contributed by atoms with Gasteiger partial charge in [0, 0.05) is 49.3 Å². The zero-order chi connectivity index (χ0) is 20.4. The molecule has 0 bridgehead atoms. The average Bonchev–Trinajstić information content (AvgIpc) is 2.98. The predicted molar refractivity (Wildman–Crippen MR) is 114 cm³/mol. The fourth-order valence-electron chi connectivity index (χ4n) is 3.87. The molecule has 0 atom stereocenters. The molecule has 0 N–H and O–H groups in total. The lowest BCUT2D eigenvalue weighted by Crippen LogP contribution is -2.48. The van der Waals surface area contributed by atoms with Crippen LogP contribution in [0.4, 0.5) is 5.69 Å². The smallest absolute Gasteiger partial charge is 0.261 e. The van der Waals surface area contributed by atoms with Crippen molar-refractivity contribution in [1.29, 1.82) is 0 Å². The molecule has 2 aromatic carbocycles. The van der Waals surface area contributed by atoms with Crippen LogP contribution in [0, 0.1) is 0 Å². The lowest BCUT2D eigenvalue weighted by molar-refractivity contribution is -0.131. The van der Waals surface area contributed by atoms with E-state index in [1.165, 1.54) is 10.6 Å². The van der Waals surface area contributed by atoms with E-state index in [1.54, 1.807) is 18.2 Å². The van der Waals surface area contributed by atoms with E-state index in [0.717, 1.165) is 17.6 Å². The largest absolute Gasteiger partial charge is 0.368 e. The van der Waals surface area contributed by atoms with Crippen molar-refractivity contribution >= 4 is 39.3 Å². The number of imide groups is 1. The number of hydrogen-bond donors (Lipinski definition) is 0. The molecule has 29 heavy (non-hydrogen) atoms. The Kier molecular flexibility index (Phi) is 5.67. The van der Waals surface area contributed by atoms with Gasteiger partial charge >= 0.3 is 0 Å². The lowest BCUT2D eigenvalue weighted by atomic mass is 10.1. The molecule has 6 nitrogen and oxygen atoms in total. The molecule has 2 aliphatic heterocycles. The Balaban J connectivity index is 1.26. The summed E-state index contributed by atoms with van der Waals surface area (Å²) in [5.74, 6) is -0.478. The van der Waals surface area contributed by atoms with Gasteiger partial charge in [0.25, 0.3) is 11.8 Å². The number of nitrogens with zero attached hydrogens (tertiary/aromatic N) is 3. The number of anilines is 1. The van der Waals surface area contributed by atoms with Gasteiger partial charge in [-0.15, -0.1) is 0 Å². The Labute approximate surface area is 178 Å². The van der Waals surface area contributed by atoms with Gasteiger partial charge in [-0.05, 0) is 36.8 Å². The van der Waals surface area contributed by atoms with E-state index in [2.05, 4.69) is 33.0 Å². The highest BCUT2D eigenvalue weighted by Gasteiger charge is 2.35. The molecule has 150 valence electrons. The standard InChI is InChI=1S/C22H22BrN3O3/c23-16-8-9-18-19(15-16)22(29)26(21(18)28)10-4-7-20(27)25-13-11-24(12-14-25)17-5-2-1-3-6-17/h1-3,5-6,8-9,15H,4,7,10-14H2. The second-order valence-electron chi connectivity index (χ2n) is 7.26. The topological polar surface area (TPSA) is 60.9 Å². The van der Waals surface area contributed by atoms with Crippen LogP contribution in [0.2, 0.25) is 0 Å². The van der Waals surface area contributed by atoms with Gasteiger partial charge in [-0.1, -0.05) is 34.1 Å². The fourth-order valence-corrected chi connectivity index (χ4v) is 4.23. The summed E-state index contributed by atoms with van der Waals surface area (Å²) in [5, 5.41) is 0. The number of fused-ring (bicyclic) bond motifs is 1. The maximum absolute atomic E-state index is 12.6. The van der Waals surface area contributed by atoms with Crippen molar-refractivity contribution < 1.29 is 14.4 Å². The molecule has 0 spiro atoms. The predicted octanol–water partition coefficient (Wildman–Crippen LogP) is 3.17. The summed E-state index contributed by atoms with van der Waals surface area (Å²) in [6.07, 6.45) is 0.812. The van der Waals surface area contributed by atoms with Crippen molar-refractivity contribution in [2.45, 2.75) is 12.8 Å². The maximum Gasteiger partial charge on any atom is 0.261 e. The minimum absolute atomic E-state index is 0.0806. The van der Waals surface area contributed by atoms with E-state index in [-0.39, 0.29) is 24.3 Å². The minimum atomic E-state index is -0.282. The van der Waals surface area contributed by atoms with Crippen LogP contribution in [0.5, 0.6) is 0 Å². The quantitative estimate of drug-likeness (QED) is 0.649. The van der Waals surface area contributed by atoms with Crippen LogP contribution in [-0.2, 0) is 4.79 Å². The van der Waals surface area contributed by atoms with E-state index in [1.807, 2.05) is 23.1 Å². The Morgan fingerprint density at radius 2 is 1.59 bits per heavy atom. The number of halogens is 1. The second-order valence-corrected chi connectivity index (χ2v) is 8.17. The van der Waals surface area contributed by atoms with Crippen molar-refractivity contribution in [1.82, 2.24) is 9.80 Å². The van der Waals surface area contributed by atoms with E-state index in [9.17, 15) is 14.4 Å². The number of hydrogen-bond acceptors (Lipinski definition) is 4. The molecule has 1 saturated heterocycles. The van der Waals surface area contributed by atoms with Gasteiger partial charge in [-0.3, -0.25) is 19.3 Å². The highest BCUT2D eigenvalue weighted by atomic mass is 79.9. The first-order chi connectivity index (χ1) is 14.0. The molecular weight excluding hydrogens is 434 g/mol. The Morgan fingerprint density at radius 1 is 0.897 bits per heavy atom. The summed E-state index contributed by atoms with van der Waals surface area (Å²) in [7, 11) is 0. The summed E-state index contributed by atoms with van der Waals surface area (Å²) >= 11 is 3.33.